The minimum Gasteiger partial charge on any atom is -0.494 e. The Morgan fingerprint density at radius 3 is 2.47 bits per heavy atom. The SMILES string of the molecule is CC(=O)c1c(O)n(Cc2ccccc2)c(=O)[nH]c1=O. The highest BCUT2D eigenvalue weighted by molar-refractivity contribution is 5.95. The van der Waals surface area contributed by atoms with Gasteiger partial charge in [-0.05, 0) is 12.5 Å². The number of hydrogen-bond acceptors (Lipinski definition) is 4. The summed E-state index contributed by atoms with van der Waals surface area (Å²) in [7, 11) is 0. The third kappa shape index (κ3) is 2.47. The zero-order chi connectivity index (χ0) is 14.0. The van der Waals surface area contributed by atoms with Gasteiger partial charge in [-0.15, -0.1) is 0 Å². The molecular formula is C13H12N2O4. The van der Waals surface area contributed by atoms with E-state index in [-0.39, 0.29) is 6.54 Å². The first-order chi connectivity index (χ1) is 9.00. The first-order valence-electron chi connectivity index (χ1n) is 5.61. The molecule has 0 aliphatic heterocycles. The van der Waals surface area contributed by atoms with Crippen molar-refractivity contribution in [3.63, 3.8) is 0 Å². The number of aromatic amines is 1. The number of nitrogens with zero attached hydrogens (tertiary/aromatic N) is 1. The lowest BCUT2D eigenvalue weighted by Crippen LogP contribution is -2.33. The summed E-state index contributed by atoms with van der Waals surface area (Å²) in [6.45, 7) is 1.23. The maximum absolute atomic E-state index is 11.7. The fraction of sp³-hybridized carbons (Fsp3) is 0.154. The van der Waals surface area contributed by atoms with Crippen molar-refractivity contribution in [3.8, 4) is 5.88 Å². The summed E-state index contributed by atoms with van der Waals surface area (Å²) in [4.78, 5) is 36.5. The summed E-state index contributed by atoms with van der Waals surface area (Å²) < 4.78 is 0.952. The lowest BCUT2D eigenvalue weighted by Gasteiger charge is -2.09. The van der Waals surface area contributed by atoms with Crippen LogP contribution in [0, 0.1) is 0 Å². The van der Waals surface area contributed by atoms with Crippen molar-refractivity contribution in [2.75, 3.05) is 0 Å². The number of H-pyrrole nitrogens is 1. The van der Waals surface area contributed by atoms with Crippen molar-refractivity contribution in [3.05, 3.63) is 62.3 Å². The molecule has 2 N–H and O–H groups in total. The van der Waals surface area contributed by atoms with Crippen LogP contribution in [0.4, 0.5) is 0 Å². The number of nitrogens with one attached hydrogen (secondary N) is 1. The highest BCUT2D eigenvalue weighted by Gasteiger charge is 2.17. The van der Waals surface area contributed by atoms with Crippen LogP contribution in [0.2, 0.25) is 0 Å². The largest absolute Gasteiger partial charge is 0.494 e. The Morgan fingerprint density at radius 2 is 1.89 bits per heavy atom. The van der Waals surface area contributed by atoms with Gasteiger partial charge in [0.05, 0.1) is 6.54 Å². The van der Waals surface area contributed by atoms with E-state index in [0.717, 1.165) is 17.1 Å². The second kappa shape index (κ2) is 4.93. The fourth-order valence-corrected chi connectivity index (χ4v) is 1.79. The Hall–Kier alpha value is -2.63. The van der Waals surface area contributed by atoms with Crippen LogP contribution in [-0.4, -0.2) is 20.4 Å². The van der Waals surface area contributed by atoms with Gasteiger partial charge in [-0.3, -0.25) is 19.1 Å². The van der Waals surface area contributed by atoms with E-state index < -0.39 is 28.5 Å². The van der Waals surface area contributed by atoms with E-state index in [1.807, 2.05) is 11.1 Å². The van der Waals surface area contributed by atoms with Crippen molar-refractivity contribution >= 4 is 5.78 Å². The normalized spacial score (nSPS) is 10.4. The third-order valence-corrected chi connectivity index (χ3v) is 2.71. The van der Waals surface area contributed by atoms with E-state index in [2.05, 4.69) is 0 Å². The first kappa shape index (κ1) is 12.8. The van der Waals surface area contributed by atoms with Gasteiger partial charge in [0.15, 0.2) is 5.78 Å². The van der Waals surface area contributed by atoms with Crippen LogP contribution in [-0.2, 0) is 6.54 Å². The number of ketones is 1. The number of rotatable bonds is 3. The van der Waals surface area contributed by atoms with Crippen LogP contribution in [0.25, 0.3) is 0 Å². The molecule has 6 nitrogen and oxygen atoms in total. The summed E-state index contributed by atoms with van der Waals surface area (Å²) in [6, 6.07) is 8.93. The second-order valence-corrected chi connectivity index (χ2v) is 4.09. The molecule has 0 amide bonds. The van der Waals surface area contributed by atoms with Gasteiger partial charge in [-0.1, -0.05) is 30.3 Å². The summed E-state index contributed by atoms with van der Waals surface area (Å²) >= 11 is 0. The lowest BCUT2D eigenvalue weighted by atomic mass is 10.2. The van der Waals surface area contributed by atoms with Crippen molar-refractivity contribution < 1.29 is 9.90 Å². The summed E-state index contributed by atoms with van der Waals surface area (Å²) in [6.07, 6.45) is 0. The highest BCUT2D eigenvalue weighted by atomic mass is 16.3. The van der Waals surface area contributed by atoms with Gasteiger partial charge in [0.1, 0.15) is 5.56 Å². The predicted octanol–water partition coefficient (Wildman–Crippen LogP) is 0.493. The van der Waals surface area contributed by atoms with Gasteiger partial charge in [-0.25, -0.2) is 4.79 Å². The minimum atomic E-state index is -0.876. The molecule has 6 heteroatoms. The number of benzene rings is 1. The summed E-state index contributed by atoms with van der Waals surface area (Å²) in [5, 5.41) is 9.90. The van der Waals surface area contributed by atoms with Crippen molar-refractivity contribution in [1.82, 2.24) is 9.55 Å². The van der Waals surface area contributed by atoms with E-state index in [0.29, 0.717) is 0 Å². The maximum atomic E-state index is 11.7. The Kier molecular flexibility index (Phi) is 3.33. The van der Waals surface area contributed by atoms with E-state index >= 15 is 0 Å². The molecular weight excluding hydrogens is 248 g/mol. The Balaban J connectivity index is 2.58. The molecule has 0 aliphatic carbocycles. The number of carbonyl (C=O) groups is 1. The van der Waals surface area contributed by atoms with Crippen LogP contribution in [0.1, 0.15) is 22.8 Å². The molecule has 0 saturated heterocycles. The van der Waals surface area contributed by atoms with Gasteiger partial charge in [0.25, 0.3) is 5.56 Å². The average Bonchev–Trinajstić information content (AvgIpc) is 2.35. The van der Waals surface area contributed by atoms with E-state index in [1.165, 1.54) is 0 Å². The van der Waals surface area contributed by atoms with Crippen LogP contribution >= 0.6 is 0 Å². The summed E-state index contributed by atoms with van der Waals surface area (Å²) in [5.41, 5.74) is -1.27. The quantitative estimate of drug-likeness (QED) is 0.786. The van der Waals surface area contributed by atoms with Crippen LogP contribution in [0.15, 0.2) is 39.9 Å². The smallest absolute Gasteiger partial charge is 0.331 e. The lowest BCUT2D eigenvalue weighted by molar-refractivity contribution is 0.101. The molecule has 98 valence electrons. The van der Waals surface area contributed by atoms with Crippen molar-refractivity contribution in [2.24, 2.45) is 0 Å². The maximum Gasteiger partial charge on any atom is 0.331 e. The Labute approximate surface area is 108 Å². The van der Waals surface area contributed by atoms with Crippen molar-refractivity contribution in [2.45, 2.75) is 13.5 Å². The number of carbonyl (C=O) groups excluding carboxylic acids is 1. The van der Waals surface area contributed by atoms with Gasteiger partial charge in [0.2, 0.25) is 5.88 Å². The molecule has 0 radical (unpaired) electrons. The zero-order valence-corrected chi connectivity index (χ0v) is 10.2. The van der Waals surface area contributed by atoms with E-state index in [4.69, 9.17) is 0 Å². The fourth-order valence-electron chi connectivity index (χ4n) is 1.79. The monoisotopic (exact) mass is 260 g/mol. The highest BCUT2D eigenvalue weighted by Crippen LogP contribution is 2.12. The molecule has 0 saturated carbocycles. The molecule has 0 bridgehead atoms. The molecule has 0 atom stereocenters. The molecule has 2 rings (SSSR count). The van der Waals surface area contributed by atoms with Gasteiger partial charge in [0, 0.05) is 0 Å². The third-order valence-electron chi connectivity index (χ3n) is 2.71. The molecule has 0 fully saturated rings. The number of Topliss-reactive ketones (excluding diaryl/α,β-unsaturated/α-hetero) is 1. The van der Waals surface area contributed by atoms with Gasteiger partial charge >= 0.3 is 5.69 Å². The van der Waals surface area contributed by atoms with Gasteiger partial charge < -0.3 is 5.11 Å². The first-order valence-corrected chi connectivity index (χ1v) is 5.61. The molecule has 19 heavy (non-hydrogen) atoms. The average molecular weight is 260 g/mol. The van der Waals surface area contributed by atoms with Gasteiger partial charge in [-0.2, -0.15) is 0 Å². The molecule has 1 heterocycles. The molecule has 1 aromatic heterocycles. The standard InChI is InChI=1S/C13H12N2O4/c1-8(16)10-11(17)14-13(19)15(12(10)18)7-9-5-3-2-4-6-9/h2-6,18H,7H2,1H3,(H,14,17,19). The van der Waals surface area contributed by atoms with Crippen LogP contribution in [0.3, 0.4) is 0 Å². The van der Waals surface area contributed by atoms with Crippen LogP contribution in [0.5, 0.6) is 5.88 Å². The molecule has 1 aromatic carbocycles. The Bertz CT molecular complexity index is 729. The summed E-state index contributed by atoms with van der Waals surface area (Å²) in [5.74, 6) is -1.20. The van der Waals surface area contributed by atoms with E-state index in [1.54, 1.807) is 24.3 Å². The van der Waals surface area contributed by atoms with E-state index in [9.17, 15) is 19.5 Å². The van der Waals surface area contributed by atoms with Crippen LogP contribution < -0.4 is 11.2 Å². The molecule has 2 aromatic rings. The molecule has 0 aliphatic rings. The topological polar surface area (TPSA) is 92.2 Å². The minimum absolute atomic E-state index is 0.0720. The zero-order valence-electron chi connectivity index (χ0n) is 10.2. The predicted molar refractivity (Wildman–Crippen MR) is 68.5 cm³/mol. The molecule has 0 spiro atoms. The number of aromatic hydroxyl groups is 1. The number of aromatic nitrogens is 2. The van der Waals surface area contributed by atoms with Crippen molar-refractivity contribution in [1.29, 1.82) is 0 Å². The Morgan fingerprint density at radius 1 is 1.26 bits per heavy atom. The number of hydrogen-bond donors (Lipinski definition) is 2. The second-order valence-electron chi connectivity index (χ2n) is 4.09. The molecule has 0 unspecified atom stereocenters.